The third-order valence-electron chi connectivity index (χ3n) is 3.30. The molecular weight excluding hydrogens is 458 g/mol. The molecule has 0 fully saturated rings. The molecule has 2 rings (SSSR count). The Morgan fingerprint density at radius 3 is 2.71 bits per heavy atom. The number of carboxylic acid groups (broad SMARTS) is 1. The Morgan fingerprint density at radius 2 is 2.07 bits per heavy atom. The molecule has 0 aliphatic rings. The summed E-state index contributed by atoms with van der Waals surface area (Å²) in [5.74, 6) is -1.51. The maximum atomic E-state index is 12.0. The van der Waals surface area contributed by atoms with Crippen molar-refractivity contribution < 1.29 is 24.4 Å². The molecule has 146 valence electrons. The summed E-state index contributed by atoms with van der Waals surface area (Å²) in [6.45, 7) is -0.548. The number of rotatable bonds is 8. The number of amides is 1. The molecule has 28 heavy (non-hydrogen) atoms. The van der Waals surface area contributed by atoms with Crippen molar-refractivity contribution in [3.8, 4) is 5.75 Å². The van der Waals surface area contributed by atoms with E-state index in [4.69, 9.17) is 21.4 Å². The molecule has 1 amide bonds. The molecule has 0 heterocycles. The van der Waals surface area contributed by atoms with Crippen LogP contribution in [0.1, 0.15) is 11.1 Å². The van der Waals surface area contributed by atoms with Gasteiger partial charge >= 0.3 is 5.97 Å². The molecule has 0 atom stereocenters. The number of nitro groups is 1. The zero-order valence-corrected chi connectivity index (χ0v) is 16.4. The molecule has 0 aliphatic carbocycles. The SMILES string of the molecule is O=C(O)COc1c(Cl)cc(/C=N/NC(=O)Cc2ccccc2[N+](=O)[O-])cc1Br. The summed E-state index contributed by atoms with van der Waals surface area (Å²) in [6.07, 6.45) is 1.11. The quantitative estimate of drug-likeness (QED) is 0.346. The highest BCUT2D eigenvalue weighted by molar-refractivity contribution is 9.10. The molecule has 2 N–H and O–H groups in total. The van der Waals surface area contributed by atoms with Crippen molar-refractivity contribution in [2.45, 2.75) is 6.42 Å². The maximum Gasteiger partial charge on any atom is 0.341 e. The highest BCUT2D eigenvalue weighted by Crippen LogP contribution is 2.34. The van der Waals surface area contributed by atoms with Crippen LogP contribution in [0.25, 0.3) is 0 Å². The van der Waals surface area contributed by atoms with Gasteiger partial charge in [0.1, 0.15) is 0 Å². The minimum absolute atomic E-state index is 0.144. The molecule has 0 aliphatic heterocycles. The van der Waals surface area contributed by atoms with Crippen LogP contribution in [-0.2, 0) is 16.0 Å². The third kappa shape index (κ3) is 6.03. The summed E-state index contributed by atoms with van der Waals surface area (Å²) in [7, 11) is 0. The first-order valence-corrected chi connectivity index (χ1v) is 8.83. The number of ether oxygens (including phenoxy) is 1. The lowest BCUT2D eigenvalue weighted by atomic mass is 10.1. The molecule has 0 bridgehead atoms. The molecule has 0 aromatic heterocycles. The van der Waals surface area contributed by atoms with E-state index in [0.29, 0.717) is 10.0 Å². The molecule has 0 saturated heterocycles. The van der Waals surface area contributed by atoms with Gasteiger partial charge in [0.2, 0.25) is 5.91 Å². The monoisotopic (exact) mass is 469 g/mol. The summed E-state index contributed by atoms with van der Waals surface area (Å²) in [5, 5.41) is 23.6. The number of carboxylic acids is 1. The van der Waals surface area contributed by atoms with Gasteiger partial charge in [0.25, 0.3) is 5.69 Å². The number of nitrogens with one attached hydrogen (secondary N) is 1. The van der Waals surface area contributed by atoms with E-state index in [-0.39, 0.29) is 28.4 Å². The summed E-state index contributed by atoms with van der Waals surface area (Å²) in [4.78, 5) is 32.9. The maximum absolute atomic E-state index is 12.0. The molecule has 2 aromatic rings. The predicted molar refractivity (Wildman–Crippen MR) is 105 cm³/mol. The number of hydrogen-bond acceptors (Lipinski definition) is 6. The van der Waals surface area contributed by atoms with E-state index in [9.17, 15) is 19.7 Å². The highest BCUT2D eigenvalue weighted by Gasteiger charge is 2.15. The molecule has 0 saturated carbocycles. The van der Waals surface area contributed by atoms with E-state index in [0.717, 1.165) is 0 Å². The van der Waals surface area contributed by atoms with Crippen molar-refractivity contribution in [2.75, 3.05) is 6.61 Å². The second kappa shape index (κ2) is 9.81. The van der Waals surface area contributed by atoms with Gasteiger partial charge < -0.3 is 9.84 Å². The number of benzene rings is 2. The largest absolute Gasteiger partial charge is 0.479 e. The lowest BCUT2D eigenvalue weighted by Crippen LogP contribution is -2.20. The summed E-state index contributed by atoms with van der Waals surface area (Å²) in [5.41, 5.74) is 2.91. The summed E-state index contributed by atoms with van der Waals surface area (Å²) < 4.78 is 5.49. The summed E-state index contributed by atoms with van der Waals surface area (Å²) >= 11 is 9.27. The van der Waals surface area contributed by atoms with Crippen molar-refractivity contribution in [3.63, 3.8) is 0 Å². The first-order valence-electron chi connectivity index (χ1n) is 7.65. The highest BCUT2D eigenvalue weighted by atomic mass is 79.9. The minimum Gasteiger partial charge on any atom is -0.479 e. The normalized spacial score (nSPS) is 10.6. The zero-order valence-electron chi connectivity index (χ0n) is 14.1. The van der Waals surface area contributed by atoms with Gasteiger partial charge in [0.15, 0.2) is 12.4 Å². The number of nitrogens with zero attached hydrogens (tertiary/aromatic N) is 2. The van der Waals surface area contributed by atoms with Gasteiger partial charge in [0.05, 0.1) is 27.1 Å². The van der Waals surface area contributed by atoms with Gasteiger partial charge in [-0.05, 0) is 33.6 Å². The van der Waals surface area contributed by atoms with Crippen LogP contribution in [0, 0.1) is 10.1 Å². The van der Waals surface area contributed by atoms with Crippen LogP contribution in [0.2, 0.25) is 5.02 Å². The third-order valence-corrected chi connectivity index (χ3v) is 4.17. The number of carbonyl (C=O) groups excluding carboxylic acids is 1. The van der Waals surface area contributed by atoms with E-state index in [1.54, 1.807) is 12.1 Å². The average molecular weight is 471 g/mol. The van der Waals surface area contributed by atoms with Crippen molar-refractivity contribution in [3.05, 3.63) is 67.1 Å². The fourth-order valence-corrected chi connectivity index (χ4v) is 3.14. The topological polar surface area (TPSA) is 131 Å². The molecule has 11 heteroatoms. The van der Waals surface area contributed by atoms with Crippen LogP contribution >= 0.6 is 27.5 Å². The summed E-state index contributed by atoms with van der Waals surface area (Å²) in [6, 6.07) is 8.98. The van der Waals surface area contributed by atoms with Crippen LogP contribution in [0.4, 0.5) is 5.69 Å². The van der Waals surface area contributed by atoms with E-state index in [1.807, 2.05) is 0 Å². The van der Waals surface area contributed by atoms with Gasteiger partial charge in [-0.2, -0.15) is 5.10 Å². The van der Waals surface area contributed by atoms with Crippen LogP contribution in [0.3, 0.4) is 0 Å². The van der Waals surface area contributed by atoms with Gasteiger partial charge in [0, 0.05) is 11.6 Å². The van der Waals surface area contributed by atoms with Crippen molar-refractivity contribution >= 4 is 51.3 Å². The molecule has 9 nitrogen and oxygen atoms in total. The molecule has 0 radical (unpaired) electrons. The molecule has 0 unspecified atom stereocenters. The number of halogens is 2. The molecule has 2 aromatic carbocycles. The first-order chi connectivity index (χ1) is 13.3. The number of hydrazone groups is 1. The standard InChI is InChI=1S/C17H13BrClN3O6/c18-12-5-10(6-13(19)17(12)28-9-16(24)25)8-20-21-15(23)7-11-3-1-2-4-14(11)22(26)27/h1-6,8H,7,9H2,(H,21,23)(H,24,25)/b20-8+. The number of carbonyl (C=O) groups is 2. The average Bonchev–Trinajstić information content (AvgIpc) is 2.61. The fourth-order valence-electron chi connectivity index (χ4n) is 2.16. The Kier molecular flexibility index (Phi) is 7.47. The number of aliphatic carboxylic acids is 1. The first kappa shape index (κ1) is 21.3. The number of nitro benzene ring substituents is 1. The van der Waals surface area contributed by atoms with E-state index >= 15 is 0 Å². The Morgan fingerprint density at radius 1 is 1.36 bits per heavy atom. The van der Waals surface area contributed by atoms with Crippen LogP contribution in [-0.4, -0.2) is 34.7 Å². The number of hydrogen-bond donors (Lipinski definition) is 2. The van der Waals surface area contributed by atoms with Crippen molar-refractivity contribution in [1.82, 2.24) is 5.43 Å². The Hall–Kier alpha value is -2.98. The van der Waals surface area contributed by atoms with E-state index < -0.39 is 23.4 Å². The zero-order chi connectivity index (χ0) is 20.7. The van der Waals surface area contributed by atoms with Crippen LogP contribution in [0.5, 0.6) is 5.75 Å². The number of para-hydroxylation sites is 1. The Bertz CT molecular complexity index is 927. The Labute approximate surface area is 172 Å². The smallest absolute Gasteiger partial charge is 0.341 e. The molecule has 0 spiro atoms. The van der Waals surface area contributed by atoms with Gasteiger partial charge in [-0.25, -0.2) is 10.2 Å². The lowest BCUT2D eigenvalue weighted by molar-refractivity contribution is -0.385. The van der Waals surface area contributed by atoms with Crippen molar-refractivity contribution in [2.24, 2.45) is 5.10 Å². The predicted octanol–water partition coefficient (Wildman–Crippen LogP) is 3.17. The minimum atomic E-state index is -1.14. The van der Waals surface area contributed by atoms with Crippen molar-refractivity contribution in [1.29, 1.82) is 0 Å². The van der Waals surface area contributed by atoms with Gasteiger partial charge in [-0.3, -0.25) is 14.9 Å². The van der Waals surface area contributed by atoms with E-state index in [2.05, 4.69) is 26.5 Å². The second-order valence-electron chi connectivity index (χ2n) is 5.35. The van der Waals surface area contributed by atoms with Gasteiger partial charge in [-0.1, -0.05) is 29.8 Å². The molecular formula is C17H13BrClN3O6. The van der Waals surface area contributed by atoms with Gasteiger partial charge in [-0.15, -0.1) is 0 Å². The van der Waals surface area contributed by atoms with Crippen LogP contribution < -0.4 is 10.2 Å². The van der Waals surface area contributed by atoms with Crippen LogP contribution in [0.15, 0.2) is 46.0 Å². The fraction of sp³-hybridized carbons (Fsp3) is 0.118. The Balaban J connectivity index is 2.02. The lowest BCUT2D eigenvalue weighted by Gasteiger charge is -2.09. The second-order valence-corrected chi connectivity index (χ2v) is 6.61. The van der Waals surface area contributed by atoms with E-state index in [1.165, 1.54) is 30.5 Å².